The Balaban J connectivity index is 1.60. The van der Waals surface area contributed by atoms with Gasteiger partial charge >= 0.3 is 6.36 Å². The van der Waals surface area contributed by atoms with Gasteiger partial charge in [0, 0.05) is 41.8 Å². The maximum atomic E-state index is 14.8. The molecule has 1 aliphatic heterocycles. The van der Waals surface area contributed by atoms with Gasteiger partial charge in [0.2, 0.25) is 5.91 Å². The van der Waals surface area contributed by atoms with Gasteiger partial charge < -0.3 is 19.7 Å². The summed E-state index contributed by atoms with van der Waals surface area (Å²) < 4.78 is 75.4. The Bertz CT molecular complexity index is 1060. The summed E-state index contributed by atoms with van der Waals surface area (Å²) in [5, 5.41) is 2.52. The van der Waals surface area contributed by atoms with Crippen molar-refractivity contribution in [2.45, 2.75) is 43.6 Å². The third-order valence-electron chi connectivity index (χ3n) is 6.16. The van der Waals surface area contributed by atoms with Gasteiger partial charge in [0.25, 0.3) is 5.91 Å². The lowest BCUT2D eigenvalue weighted by molar-refractivity contribution is -0.274. The van der Waals surface area contributed by atoms with Gasteiger partial charge in [0.15, 0.2) is 0 Å². The molecule has 34 heavy (non-hydrogen) atoms. The van der Waals surface area contributed by atoms with Crippen LogP contribution in [-0.4, -0.2) is 48.8 Å². The summed E-state index contributed by atoms with van der Waals surface area (Å²) in [4.78, 5) is 27.5. The standard InChI is InChI=1S/C23H21F5N2O4/c1-33-15-9-17(24)19(18(25)10-15)16-11-30(13-3-2-4-13)22(32)20(16)29-21(31)12-5-7-14(8-6-12)34-23(26,27)28/h5-10,13,16,20H,2-4,11H2,1H3,(H,29,31)/t16-,20-/m0/s1. The highest BCUT2D eigenvalue weighted by Gasteiger charge is 2.47. The van der Waals surface area contributed by atoms with Crippen molar-refractivity contribution in [1.82, 2.24) is 10.2 Å². The molecule has 2 fully saturated rings. The summed E-state index contributed by atoms with van der Waals surface area (Å²) in [7, 11) is 1.26. The van der Waals surface area contributed by atoms with Crippen LogP contribution in [0.4, 0.5) is 22.0 Å². The molecule has 6 nitrogen and oxygen atoms in total. The van der Waals surface area contributed by atoms with Crippen LogP contribution in [0.5, 0.6) is 11.5 Å². The average Bonchev–Trinajstić information content (AvgIpc) is 3.01. The SMILES string of the molecule is COc1cc(F)c([C@@H]2CN(C3CCC3)C(=O)[C@H]2NC(=O)c2ccc(OC(F)(F)F)cc2)c(F)c1. The smallest absolute Gasteiger partial charge is 0.497 e. The van der Waals surface area contributed by atoms with Gasteiger partial charge in [-0.2, -0.15) is 0 Å². The van der Waals surface area contributed by atoms with E-state index in [1.54, 1.807) is 0 Å². The molecular weight excluding hydrogens is 463 g/mol. The van der Waals surface area contributed by atoms with Gasteiger partial charge in [-0.1, -0.05) is 0 Å². The molecule has 11 heteroatoms. The zero-order valence-electron chi connectivity index (χ0n) is 18.0. The largest absolute Gasteiger partial charge is 0.573 e. The number of nitrogens with one attached hydrogen (secondary N) is 1. The molecule has 0 bridgehead atoms. The maximum absolute atomic E-state index is 14.8. The first-order valence-electron chi connectivity index (χ1n) is 10.6. The van der Waals surface area contributed by atoms with Crippen LogP contribution in [-0.2, 0) is 4.79 Å². The number of hydrogen-bond donors (Lipinski definition) is 1. The molecule has 4 rings (SSSR count). The van der Waals surface area contributed by atoms with Crippen LogP contribution in [0.1, 0.15) is 41.1 Å². The second kappa shape index (κ2) is 9.11. The molecular formula is C23H21F5N2O4. The van der Waals surface area contributed by atoms with E-state index in [4.69, 9.17) is 4.74 Å². The van der Waals surface area contributed by atoms with Crippen LogP contribution in [0.25, 0.3) is 0 Å². The van der Waals surface area contributed by atoms with E-state index in [-0.39, 0.29) is 29.5 Å². The third kappa shape index (κ3) is 4.78. The van der Waals surface area contributed by atoms with Crippen molar-refractivity contribution >= 4 is 11.8 Å². The summed E-state index contributed by atoms with van der Waals surface area (Å²) in [6.45, 7) is 0.0208. The molecule has 1 heterocycles. The minimum atomic E-state index is -4.88. The molecule has 1 saturated heterocycles. The van der Waals surface area contributed by atoms with E-state index in [0.717, 1.165) is 55.7 Å². The van der Waals surface area contributed by atoms with Crippen molar-refractivity contribution in [2.24, 2.45) is 0 Å². The first-order chi connectivity index (χ1) is 16.1. The fourth-order valence-corrected chi connectivity index (χ4v) is 4.27. The van der Waals surface area contributed by atoms with Gasteiger partial charge in [-0.25, -0.2) is 8.78 Å². The Labute approximate surface area is 191 Å². The molecule has 2 atom stereocenters. The van der Waals surface area contributed by atoms with E-state index in [2.05, 4.69) is 10.1 Å². The Morgan fingerprint density at radius 2 is 1.68 bits per heavy atom. The highest BCUT2D eigenvalue weighted by molar-refractivity contribution is 5.98. The summed E-state index contributed by atoms with van der Waals surface area (Å²) in [6.07, 6.45) is -2.45. The van der Waals surface area contributed by atoms with Crippen LogP contribution in [0.2, 0.25) is 0 Å². The fourth-order valence-electron chi connectivity index (χ4n) is 4.27. The Morgan fingerprint density at radius 1 is 1.06 bits per heavy atom. The van der Waals surface area contributed by atoms with E-state index in [9.17, 15) is 31.5 Å². The van der Waals surface area contributed by atoms with Crippen LogP contribution in [0.3, 0.4) is 0 Å². The minimum absolute atomic E-state index is 0.0208. The lowest BCUT2D eigenvalue weighted by atomic mass is 9.91. The summed E-state index contributed by atoms with van der Waals surface area (Å²) >= 11 is 0. The molecule has 1 aliphatic carbocycles. The number of methoxy groups -OCH3 is 1. The van der Waals surface area contributed by atoms with Crippen LogP contribution in [0.15, 0.2) is 36.4 Å². The number of hydrogen-bond acceptors (Lipinski definition) is 4. The number of alkyl halides is 3. The van der Waals surface area contributed by atoms with Gasteiger partial charge in [0.1, 0.15) is 29.2 Å². The highest BCUT2D eigenvalue weighted by Crippen LogP contribution is 2.38. The monoisotopic (exact) mass is 484 g/mol. The zero-order chi connectivity index (χ0) is 24.6. The summed E-state index contributed by atoms with van der Waals surface area (Å²) in [6, 6.07) is 4.81. The predicted molar refractivity (Wildman–Crippen MR) is 109 cm³/mol. The van der Waals surface area contributed by atoms with Crippen molar-refractivity contribution in [3.05, 3.63) is 59.2 Å². The van der Waals surface area contributed by atoms with Crippen molar-refractivity contribution in [2.75, 3.05) is 13.7 Å². The number of carbonyl (C=O) groups is 2. The molecule has 1 N–H and O–H groups in total. The van der Waals surface area contributed by atoms with Gasteiger partial charge in [0.05, 0.1) is 7.11 Å². The van der Waals surface area contributed by atoms with Crippen LogP contribution in [0, 0.1) is 11.6 Å². The van der Waals surface area contributed by atoms with Gasteiger partial charge in [-0.3, -0.25) is 9.59 Å². The first-order valence-corrected chi connectivity index (χ1v) is 10.6. The summed E-state index contributed by atoms with van der Waals surface area (Å²) in [5.41, 5.74) is -0.381. The topological polar surface area (TPSA) is 67.9 Å². The molecule has 2 aromatic carbocycles. The van der Waals surface area contributed by atoms with Crippen LogP contribution >= 0.6 is 0 Å². The minimum Gasteiger partial charge on any atom is -0.497 e. The molecule has 0 radical (unpaired) electrons. The number of ether oxygens (including phenoxy) is 2. The van der Waals surface area contributed by atoms with Crippen molar-refractivity contribution < 1.29 is 41.0 Å². The van der Waals surface area contributed by atoms with E-state index in [1.807, 2.05) is 0 Å². The Hall–Kier alpha value is -3.37. The number of nitrogens with zero attached hydrogens (tertiary/aromatic N) is 1. The Morgan fingerprint density at radius 3 is 2.18 bits per heavy atom. The van der Waals surface area contributed by atoms with E-state index < -0.39 is 47.5 Å². The highest BCUT2D eigenvalue weighted by atomic mass is 19.4. The zero-order valence-corrected chi connectivity index (χ0v) is 18.0. The molecule has 2 amide bonds. The number of rotatable bonds is 6. The number of carbonyl (C=O) groups excluding carboxylic acids is 2. The second-order valence-electron chi connectivity index (χ2n) is 8.21. The lowest BCUT2D eigenvalue weighted by Gasteiger charge is -2.34. The normalized spacial score (nSPS) is 20.8. The lowest BCUT2D eigenvalue weighted by Crippen LogP contribution is -2.47. The average molecular weight is 484 g/mol. The molecule has 0 unspecified atom stereocenters. The van der Waals surface area contributed by atoms with E-state index >= 15 is 0 Å². The van der Waals surface area contributed by atoms with E-state index in [0.29, 0.717) is 0 Å². The first kappa shape index (κ1) is 23.8. The predicted octanol–water partition coefficient (Wildman–Crippen LogP) is 4.15. The molecule has 2 aliphatic rings. The van der Waals surface area contributed by atoms with Gasteiger partial charge in [-0.05, 0) is 43.5 Å². The fraction of sp³-hybridized carbons (Fsp3) is 0.391. The van der Waals surface area contributed by atoms with Crippen molar-refractivity contribution in [3.8, 4) is 11.5 Å². The second-order valence-corrected chi connectivity index (χ2v) is 8.21. The van der Waals surface area contributed by atoms with Crippen molar-refractivity contribution in [1.29, 1.82) is 0 Å². The third-order valence-corrected chi connectivity index (χ3v) is 6.16. The summed E-state index contributed by atoms with van der Waals surface area (Å²) in [5.74, 6) is -4.59. The molecule has 0 spiro atoms. The number of benzene rings is 2. The molecule has 0 aromatic heterocycles. The quantitative estimate of drug-likeness (QED) is 0.626. The van der Waals surface area contributed by atoms with E-state index in [1.165, 1.54) is 12.0 Å². The van der Waals surface area contributed by atoms with Crippen LogP contribution < -0.4 is 14.8 Å². The van der Waals surface area contributed by atoms with Gasteiger partial charge in [-0.15, -0.1) is 13.2 Å². The number of likely N-dealkylation sites (tertiary alicyclic amines) is 1. The number of halogens is 5. The van der Waals surface area contributed by atoms with Crippen molar-refractivity contribution in [3.63, 3.8) is 0 Å². The molecule has 182 valence electrons. The molecule has 2 aromatic rings. The molecule has 1 saturated carbocycles. The Kier molecular flexibility index (Phi) is 6.37. The maximum Gasteiger partial charge on any atom is 0.573 e. The number of amides is 2.